The Morgan fingerprint density at radius 3 is 2.42 bits per heavy atom. The standard InChI is InChI=1S/C30H31N3O3/c34-28(27(32-29(35)36)15-8-11-22-9-2-1-3-10-22)33-19-16-30(17-20-33)21-24(26-14-6-7-18-31-26)23-12-4-5-13-25(23)30/h1-7,9-10,12-14,18,21,27,32H,8,11,15-17,19-20H2,(H,35,36). The Labute approximate surface area is 211 Å². The number of amides is 2. The highest BCUT2D eigenvalue weighted by Gasteiger charge is 2.42. The summed E-state index contributed by atoms with van der Waals surface area (Å²) in [6, 6.07) is 23.8. The smallest absolute Gasteiger partial charge is 0.405 e. The Bertz CT molecular complexity index is 1250. The summed E-state index contributed by atoms with van der Waals surface area (Å²) in [6.45, 7) is 1.19. The summed E-state index contributed by atoms with van der Waals surface area (Å²) in [5.74, 6) is -0.125. The van der Waals surface area contributed by atoms with Crippen molar-refractivity contribution in [1.82, 2.24) is 15.2 Å². The minimum atomic E-state index is -1.16. The Hall–Kier alpha value is -3.93. The number of hydrogen-bond acceptors (Lipinski definition) is 3. The third-order valence-electron chi connectivity index (χ3n) is 7.48. The second-order valence-electron chi connectivity index (χ2n) is 9.68. The number of fused-ring (bicyclic) bond motifs is 2. The number of aryl methyl sites for hydroxylation is 1. The van der Waals surface area contributed by atoms with Crippen molar-refractivity contribution in [3.05, 3.63) is 107 Å². The zero-order valence-corrected chi connectivity index (χ0v) is 20.3. The van der Waals surface area contributed by atoms with Crippen LogP contribution in [-0.2, 0) is 16.6 Å². The van der Waals surface area contributed by atoms with Crippen LogP contribution in [0.3, 0.4) is 0 Å². The molecule has 0 radical (unpaired) electrons. The van der Waals surface area contributed by atoms with Crippen molar-refractivity contribution in [2.24, 2.45) is 0 Å². The number of carboxylic acid groups (broad SMARTS) is 1. The number of aromatic nitrogens is 1. The molecule has 1 aliphatic carbocycles. The predicted molar refractivity (Wildman–Crippen MR) is 140 cm³/mol. The molecule has 2 aromatic carbocycles. The molecule has 1 atom stereocenters. The quantitative estimate of drug-likeness (QED) is 0.495. The zero-order chi connectivity index (χ0) is 25.0. The molecule has 2 amide bonds. The lowest BCUT2D eigenvalue weighted by Crippen LogP contribution is -2.52. The van der Waals surface area contributed by atoms with Crippen molar-refractivity contribution < 1.29 is 14.7 Å². The predicted octanol–water partition coefficient (Wildman–Crippen LogP) is 5.05. The molecule has 3 aromatic rings. The van der Waals surface area contributed by atoms with E-state index in [-0.39, 0.29) is 11.3 Å². The van der Waals surface area contributed by atoms with Crippen molar-refractivity contribution in [3.63, 3.8) is 0 Å². The first kappa shape index (κ1) is 23.8. The maximum absolute atomic E-state index is 13.4. The van der Waals surface area contributed by atoms with Gasteiger partial charge in [-0.3, -0.25) is 9.78 Å². The van der Waals surface area contributed by atoms with Crippen LogP contribution in [0, 0.1) is 0 Å². The Morgan fingerprint density at radius 1 is 0.972 bits per heavy atom. The third kappa shape index (κ3) is 4.89. The van der Waals surface area contributed by atoms with Crippen LogP contribution in [0.2, 0.25) is 0 Å². The van der Waals surface area contributed by atoms with Crippen LogP contribution in [0.5, 0.6) is 0 Å². The van der Waals surface area contributed by atoms with E-state index in [0.29, 0.717) is 19.5 Å². The molecule has 2 N–H and O–H groups in total. The number of carbonyl (C=O) groups excluding carboxylic acids is 1. The minimum absolute atomic E-state index is 0.125. The number of hydrogen-bond donors (Lipinski definition) is 2. The molecule has 36 heavy (non-hydrogen) atoms. The number of carbonyl (C=O) groups is 2. The molecule has 1 fully saturated rings. The highest BCUT2D eigenvalue weighted by molar-refractivity contribution is 5.87. The van der Waals surface area contributed by atoms with Crippen LogP contribution in [0.4, 0.5) is 4.79 Å². The number of pyridine rings is 1. The molecule has 2 heterocycles. The first-order valence-electron chi connectivity index (χ1n) is 12.6. The lowest BCUT2D eigenvalue weighted by molar-refractivity contribution is -0.134. The molecule has 1 spiro atoms. The second kappa shape index (κ2) is 10.4. The Morgan fingerprint density at radius 2 is 1.69 bits per heavy atom. The van der Waals surface area contributed by atoms with Crippen molar-refractivity contribution >= 4 is 17.6 Å². The van der Waals surface area contributed by atoms with E-state index in [2.05, 4.69) is 52.8 Å². The van der Waals surface area contributed by atoms with Gasteiger partial charge in [0.2, 0.25) is 5.91 Å². The van der Waals surface area contributed by atoms with Crippen molar-refractivity contribution in [2.75, 3.05) is 13.1 Å². The average Bonchev–Trinajstić information content (AvgIpc) is 3.23. The number of allylic oxidation sites excluding steroid dienone is 1. The van der Waals surface area contributed by atoms with E-state index in [4.69, 9.17) is 0 Å². The first-order valence-corrected chi connectivity index (χ1v) is 12.6. The van der Waals surface area contributed by atoms with E-state index in [1.165, 1.54) is 16.7 Å². The van der Waals surface area contributed by atoms with E-state index >= 15 is 0 Å². The van der Waals surface area contributed by atoms with Crippen molar-refractivity contribution in [3.8, 4) is 0 Å². The first-order chi connectivity index (χ1) is 17.6. The number of nitrogens with zero attached hydrogens (tertiary/aromatic N) is 2. The fraction of sp³-hybridized carbons (Fsp3) is 0.300. The average molecular weight is 482 g/mol. The van der Waals surface area contributed by atoms with Gasteiger partial charge in [0.05, 0.1) is 5.69 Å². The molecule has 6 heteroatoms. The molecular weight excluding hydrogens is 450 g/mol. The van der Waals surface area contributed by atoms with Gasteiger partial charge in [-0.1, -0.05) is 66.7 Å². The topological polar surface area (TPSA) is 82.5 Å². The number of benzene rings is 2. The lowest BCUT2D eigenvalue weighted by atomic mass is 9.74. The van der Waals surface area contributed by atoms with Gasteiger partial charge < -0.3 is 15.3 Å². The van der Waals surface area contributed by atoms with Gasteiger partial charge in [-0.2, -0.15) is 0 Å². The molecular formula is C30H31N3O3. The van der Waals surface area contributed by atoms with Gasteiger partial charge >= 0.3 is 6.09 Å². The highest BCUT2D eigenvalue weighted by atomic mass is 16.4. The summed E-state index contributed by atoms with van der Waals surface area (Å²) in [5, 5.41) is 11.8. The normalized spacial score (nSPS) is 16.8. The highest BCUT2D eigenvalue weighted by Crippen LogP contribution is 2.48. The van der Waals surface area contributed by atoms with Gasteiger partial charge in [-0.15, -0.1) is 0 Å². The van der Waals surface area contributed by atoms with Crippen LogP contribution in [0.25, 0.3) is 5.57 Å². The fourth-order valence-electron chi connectivity index (χ4n) is 5.64. The van der Waals surface area contributed by atoms with E-state index in [0.717, 1.165) is 37.0 Å². The van der Waals surface area contributed by atoms with Gasteiger partial charge in [0.15, 0.2) is 0 Å². The summed E-state index contributed by atoms with van der Waals surface area (Å²) >= 11 is 0. The van der Waals surface area contributed by atoms with Gasteiger partial charge in [0.25, 0.3) is 0 Å². The number of nitrogens with one attached hydrogen (secondary N) is 1. The van der Waals surface area contributed by atoms with Crippen LogP contribution < -0.4 is 5.32 Å². The molecule has 1 aliphatic heterocycles. The maximum atomic E-state index is 13.4. The van der Waals surface area contributed by atoms with E-state index in [1.54, 1.807) is 0 Å². The van der Waals surface area contributed by atoms with Crippen LogP contribution in [0.1, 0.15) is 48.1 Å². The summed E-state index contributed by atoms with van der Waals surface area (Å²) in [5.41, 5.74) is 5.67. The van der Waals surface area contributed by atoms with Gasteiger partial charge in [0.1, 0.15) is 6.04 Å². The van der Waals surface area contributed by atoms with Crippen LogP contribution in [0.15, 0.2) is 85.1 Å². The third-order valence-corrected chi connectivity index (χ3v) is 7.48. The molecule has 1 aromatic heterocycles. The van der Waals surface area contributed by atoms with Gasteiger partial charge in [-0.25, -0.2) is 4.79 Å². The van der Waals surface area contributed by atoms with Crippen LogP contribution in [-0.4, -0.2) is 46.1 Å². The summed E-state index contributed by atoms with van der Waals surface area (Å²) in [7, 11) is 0. The molecule has 1 saturated heterocycles. The van der Waals surface area contributed by atoms with Crippen molar-refractivity contribution in [2.45, 2.75) is 43.6 Å². The van der Waals surface area contributed by atoms with E-state index in [1.807, 2.05) is 47.5 Å². The Kier molecular flexibility index (Phi) is 6.85. The maximum Gasteiger partial charge on any atom is 0.405 e. The second-order valence-corrected chi connectivity index (χ2v) is 9.68. The zero-order valence-electron chi connectivity index (χ0n) is 20.3. The fourth-order valence-corrected chi connectivity index (χ4v) is 5.64. The van der Waals surface area contributed by atoms with Crippen LogP contribution >= 0.6 is 0 Å². The monoisotopic (exact) mass is 481 g/mol. The SMILES string of the molecule is O=C(O)NC(CCCc1ccccc1)C(=O)N1CCC2(C=C(c3ccccn3)c3ccccc32)CC1. The summed E-state index contributed by atoms with van der Waals surface area (Å²) in [6.07, 6.45) is 6.64. The lowest BCUT2D eigenvalue weighted by Gasteiger charge is -2.40. The molecule has 1 unspecified atom stereocenters. The Balaban J connectivity index is 1.29. The largest absolute Gasteiger partial charge is 0.465 e. The van der Waals surface area contributed by atoms with Gasteiger partial charge in [0, 0.05) is 30.3 Å². The van der Waals surface area contributed by atoms with Crippen molar-refractivity contribution in [1.29, 1.82) is 0 Å². The van der Waals surface area contributed by atoms with E-state index < -0.39 is 12.1 Å². The van der Waals surface area contributed by atoms with Gasteiger partial charge in [-0.05, 0) is 60.9 Å². The van der Waals surface area contributed by atoms with E-state index in [9.17, 15) is 14.7 Å². The molecule has 0 bridgehead atoms. The number of piperidine rings is 1. The molecule has 6 nitrogen and oxygen atoms in total. The molecule has 2 aliphatic rings. The summed E-state index contributed by atoms with van der Waals surface area (Å²) in [4.78, 5) is 31.3. The number of rotatable bonds is 7. The minimum Gasteiger partial charge on any atom is -0.465 e. The number of likely N-dealkylation sites (tertiary alicyclic amines) is 1. The molecule has 5 rings (SSSR count). The summed E-state index contributed by atoms with van der Waals surface area (Å²) < 4.78 is 0. The molecule has 0 saturated carbocycles. The molecule has 184 valence electrons.